The number of benzene rings is 2. The smallest absolute Gasteiger partial charge is 0.254 e. The monoisotopic (exact) mass is 451 g/mol. The van der Waals surface area contributed by atoms with Gasteiger partial charge in [0.15, 0.2) is 12.3 Å². The molecule has 146 valence electrons. The summed E-state index contributed by atoms with van der Waals surface area (Å²) in [7, 11) is 0. The van der Waals surface area contributed by atoms with Crippen LogP contribution in [0.3, 0.4) is 0 Å². The van der Waals surface area contributed by atoms with Crippen LogP contribution in [0, 0.1) is 13.5 Å². The van der Waals surface area contributed by atoms with Crippen molar-refractivity contribution >= 4 is 27.5 Å². The fourth-order valence-corrected chi connectivity index (χ4v) is 3.66. The molecule has 3 aromatic rings. The van der Waals surface area contributed by atoms with Crippen molar-refractivity contribution in [2.24, 2.45) is 0 Å². The first-order valence-electron chi connectivity index (χ1n) is 9.16. The highest BCUT2D eigenvalue weighted by atomic mass is 79.9. The van der Waals surface area contributed by atoms with Crippen molar-refractivity contribution < 1.29 is 13.9 Å². The van der Waals surface area contributed by atoms with E-state index in [2.05, 4.69) is 25.8 Å². The van der Waals surface area contributed by atoms with Crippen LogP contribution in [0.5, 0.6) is 5.75 Å². The maximum atomic E-state index is 12.7. The zero-order valence-electron chi connectivity index (χ0n) is 15.8. The summed E-state index contributed by atoms with van der Waals surface area (Å²) in [4.78, 5) is 22.4. The summed E-state index contributed by atoms with van der Waals surface area (Å²) in [6.45, 7) is 10.3. The van der Waals surface area contributed by atoms with Gasteiger partial charge in [-0.15, -0.1) is 0 Å². The molecule has 0 spiro atoms. The topological polar surface area (TPSA) is 59.9 Å². The maximum absolute atomic E-state index is 12.7. The van der Waals surface area contributed by atoms with Crippen molar-refractivity contribution in [3.05, 3.63) is 86.8 Å². The van der Waals surface area contributed by atoms with Crippen LogP contribution < -0.4 is 4.74 Å². The molecule has 0 aliphatic carbocycles. The predicted octanol–water partition coefficient (Wildman–Crippen LogP) is 5.07. The molecule has 6 nitrogen and oxygen atoms in total. The second kappa shape index (κ2) is 8.10. The highest BCUT2D eigenvalue weighted by molar-refractivity contribution is 9.10. The third-order valence-corrected chi connectivity index (χ3v) is 5.17. The summed E-state index contributed by atoms with van der Waals surface area (Å²) in [5.41, 5.74) is 3.16. The molecule has 4 rings (SSSR count). The number of aryl methyl sites for hydroxylation is 1. The Hall–Kier alpha value is -3.11. The third kappa shape index (κ3) is 4.33. The Kier molecular flexibility index (Phi) is 5.36. The molecule has 2 heterocycles. The minimum absolute atomic E-state index is 0.00865. The number of hydrogen-bond donors (Lipinski definition) is 0. The number of nitrogens with zero attached hydrogens (tertiary/aromatic N) is 3. The van der Waals surface area contributed by atoms with Gasteiger partial charge < -0.3 is 14.1 Å². The number of aromatic nitrogens is 1. The number of carbonyl (C=O) groups excluding carboxylic acids is 1. The van der Waals surface area contributed by atoms with Crippen molar-refractivity contribution in [1.82, 2.24) is 9.88 Å². The lowest BCUT2D eigenvalue weighted by molar-refractivity contribution is 0.0718. The van der Waals surface area contributed by atoms with Crippen LogP contribution in [0.15, 0.2) is 51.4 Å². The van der Waals surface area contributed by atoms with Crippen molar-refractivity contribution in [2.45, 2.75) is 26.5 Å². The van der Waals surface area contributed by atoms with Gasteiger partial charge in [-0.25, -0.2) is 9.83 Å². The lowest BCUT2D eigenvalue weighted by atomic mass is 10.1. The van der Waals surface area contributed by atoms with Gasteiger partial charge in [-0.2, -0.15) is 0 Å². The molecule has 0 atom stereocenters. The summed E-state index contributed by atoms with van der Waals surface area (Å²) in [6, 6.07) is 12.8. The Bertz CT molecular complexity index is 1100. The number of ether oxygens (including phenoxy) is 1. The molecule has 1 aliphatic heterocycles. The first kappa shape index (κ1) is 19.2. The standard InChI is InChI=1S/C22H18BrN3O3/c1-14-3-5-15(6-4-14)22(27)26-8-7-19-20(12-26)29-21(25-19)13-28-18-10-16(23)9-17(11-18)24-2/h3-6,9-11H,7-8,12-13H2,1H3. The van der Waals surface area contributed by atoms with Gasteiger partial charge in [0.1, 0.15) is 11.5 Å². The molecule has 0 saturated heterocycles. The average molecular weight is 452 g/mol. The zero-order chi connectivity index (χ0) is 20.4. The van der Waals surface area contributed by atoms with Gasteiger partial charge in [0.25, 0.3) is 5.91 Å². The quantitative estimate of drug-likeness (QED) is 0.519. The highest BCUT2D eigenvalue weighted by Crippen LogP contribution is 2.28. The number of hydrogen-bond acceptors (Lipinski definition) is 4. The Balaban J connectivity index is 1.43. The predicted molar refractivity (Wildman–Crippen MR) is 111 cm³/mol. The van der Waals surface area contributed by atoms with E-state index in [1.807, 2.05) is 31.2 Å². The third-order valence-electron chi connectivity index (χ3n) is 4.71. The molecule has 7 heteroatoms. The van der Waals surface area contributed by atoms with E-state index in [0.717, 1.165) is 15.7 Å². The number of rotatable bonds is 4. The molecular weight excluding hydrogens is 434 g/mol. The molecule has 29 heavy (non-hydrogen) atoms. The fraction of sp³-hybridized carbons (Fsp3) is 0.227. The van der Waals surface area contributed by atoms with Crippen molar-refractivity contribution in [1.29, 1.82) is 0 Å². The van der Waals surface area contributed by atoms with Gasteiger partial charge in [-0.1, -0.05) is 33.6 Å². The first-order valence-corrected chi connectivity index (χ1v) is 9.95. The van der Waals surface area contributed by atoms with Crippen molar-refractivity contribution in [3.63, 3.8) is 0 Å². The Morgan fingerprint density at radius 3 is 2.86 bits per heavy atom. The molecule has 0 saturated carbocycles. The first-order chi connectivity index (χ1) is 14.0. The largest absolute Gasteiger partial charge is 0.485 e. The normalized spacial score (nSPS) is 12.9. The number of halogens is 1. The van der Waals surface area contributed by atoms with E-state index in [9.17, 15) is 4.79 Å². The minimum Gasteiger partial charge on any atom is -0.485 e. The molecular formula is C22H18BrN3O3. The van der Waals surface area contributed by atoms with E-state index < -0.39 is 0 Å². The second-order valence-electron chi connectivity index (χ2n) is 6.87. The van der Waals surface area contributed by atoms with Gasteiger partial charge in [-0.3, -0.25) is 4.79 Å². The Labute approximate surface area is 177 Å². The zero-order valence-corrected chi connectivity index (χ0v) is 17.4. The molecule has 0 N–H and O–H groups in total. The van der Waals surface area contributed by atoms with E-state index in [1.54, 1.807) is 23.1 Å². The van der Waals surface area contributed by atoms with Gasteiger partial charge in [0.2, 0.25) is 5.89 Å². The van der Waals surface area contributed by atoms with E-state index in [0.29, 0.717) is 48.2 Å². The van der Waals surface area contributed by atoms with Gasteiger partial charge in [-0.05, 0) is 37.3 Å². The molecule has 0 radical (unpaired) electrons. The van der Waals surface area contributed by atoms with Crippen LogP contribution >= 0.6 is 15.9 Å². The number of oxazole rings is 1. The van der Waals surface area contributed by atoms with E-state index in [-0.39, 0.29) is 12.5 Å². The molecule has 2 aromatic carbocycles. The summed E-state index contributed by atoms with van der Waals surface area (Å²) >= 11 is 3.37. The summed E-state index contributed by atoms with van der Waals surface area (Å²) in [5, 5.41) is 0. The lowest BCUT2D eigenvalue weighted by Crippen LogP contribution is -2.35. The lowest BCUT2D eigenvalue weighted by Gasteiger charge is -2.25. The number of amides is 1. The minimum atomic E-state index is -0.00865. The Morgan fingerprint density at radius 1 is 1.31 bits per heavy atom. The molecule has 0 unspecified atom stereocenters. The van der Waals surface area contributed by atoms with E-state index in [1.165, 1.54) is 0 Å². The van der Waals surface area contributed by atoms with Gasteiger partial charge >= 0.3 is 0 Å². The van der Waals surface area contributed by atoms with Crippen LogP contribution in [-0.2, 0) is 19.6 Å². The van der Waals surface area contributed by atoms with Gasteiger partial charge in [0.05, 0.1) is 18.8 Å². The molecule has 1 amide bonds. The summed E-state index contributed by atoms with van der Waals surface area (Å²) in [5.74, 6) is 1.72. The van der Waals surface area contributed by atoms with E-state index in [4.69, 9.17) is 15.7 Å². The molecule has 0 fully saturated rings. The molecule has 0 bridgehead atoms. The fourth-order valence-electron chi connectivity index (χ4n) is 3.20. The maximum Gasteiger partial charge on any atom is 0.254 e. The number of fused-ring (bicyclic) bond motifs is 1. The van der Waals surface area contributed by atoms with Crippen molar-refractivity contribution in [3.8, 4) is 5.75 Å². The molecule has 1 aromatic heterocycles. The van der Waals surface area contributed by atoms with Crippen LogP contribution in [0.1, 0.15) is 33.3 Å². The summed E-state index contributed by atoms with van der Waals surface area (Å²) < 4.78 is 12.4. The van der Waals surface area contributed by atoms with Gasteiger partial charge in [0, 0.05) is 23.0 Å². The Morgan fingerprint density at radius 2 is 2.10 bits per heavy atom. The van der Waals surface area contributed by atoms with Crippen molar-refractivity contribution in [2.75, 3.05) is 6.54 Å². The second-order valence-corrected chi connectivity index (χ2v) is 7.78. The number of carbonyl (C=O) groups is 1. The van der Waals surface area contributed by atoms with Crippen LogP contribution in [0.4, 0.5) is 5.69 Å². The van der Waals surface area contributed by atoms with Crippen LogP contribution in [0.25, 0.3) is 4.85 Å². The SMILES string of the molecule is [C-]#[N+]c1cc(Br)cc(OCc2nc3c(o2)CN(C(=O)c2ccc(C)cc2)CC3)c1. The molecule has 1 aliphatic rings. The van der Waals surface area contributed by atoms with Crippen LogP contribution in [-0.4, -0.2) is 22.3 Å². The summed E-state index contributed by atoms with van der Waals surface area (Å²) in [6.07, 6.45) is 0.648. The highest BCUT2D eigenvalue weighted by Gasteiger charge is 2.26. The van der Waals surface area contributed by atoms with Crippen LogP contribution in [0.2, 0.25) is 0 Å². The average Bonchev–Trinajstić information content (AvgIpc) is 3.14. The van der Waals surface area contributed by atoms with E-state index >= 15 is 0 Å².